The molecule has 0 aliphatic rings. The Hall–Kier alpha value is -1.39. The van der Waals surface area contributed by atoms with Crippen LogP contribution in [0.4, 0.5) is 0 Å². The van der Waals surface area contributed by atoms with Crippen LogP contribution in [-0.4, -0.2) is 28.2 Å². The first kappa shape index (κ1) is 11.1. The molecule has 86 valence electrons. The maximum atomic E-state index is 8.64. The van der Waals surface area contributed by atoms with Gasteiger partial charge < -0.3 is 15.4 Å². The highest BCUT2D eigenvalue weighted by Crippen LogP contribution is 2.11. The third-order valence-corrected chi connectivity index (χ3v) is 2.58. The fourth-order valence-electron chi connectivity index (χ4n) is 1.69. The molecule has 2 aromatic rings. The van der Waals surface area contributed by atoms with Crippen molar-refractivity contribution in [2.75, 3.05) is 13.2 Å². The van der Waals surface area contributed by atoms with Gasteiger partial charge in [-0.1, -0.05) is 6.07 Å². The zero-order valence-electron chi connectivity index (χ0n) is 9.24. The summed E-state index contributed by atoms with van der Waals surface area (Å²) in [7, 11) is 0. The first-order chi connectivity index (χ1) is 7.90. The van der Waals surface area contributed by atoms with Gasteiger partial charge in [0.1, 0.15) is 0 Å². The number of fused-ring (bicyclic) bond motifs is 1. The smallest absolute Gasteiger partial charge is 0.0931 e. The summed E-state index contributed by atoms with van der Waals surface area (Å²) in [5.41, 5.74) is 3.33. The molecule has 0 unspecified atom stereocenters. The second-order valence-corrected chi connectivity index (χ2v) is 3.86. The number of rotatable bonds is 6. The quantitative estimate of drug-likeness (QED) is 0.644. The van der Waals surface area contributed by atoms with Crippen molar-refractivity contribution in [1.29, 1.82) is 0 Å². The van der Waals surface area contributed by atoms with E-state index in [0.29, 0.717) is 0 Å². The molecule has 0 aliphatic carbocycles. The summed E-state index contributed by atoms with van der Waals surface area (Å²) in [5.74, 6) is 0. The number of aromatic nitrogens is 2. The average molecular weight is 219 g/mol. The molecule has 0 bridgehead atoms. The summed E-state index contributed by atoms with van der Waals surface area (Å²) in [6.07, 6.45) is 3.60. The Kier molecular flexibility index (Phi) is 3.91. The molecule has 4 nitrogen and oxygen atoms in total. The van der Waals surface area contributed by atoms with Crippen LogP contribution in [0.5, 0.6) is 0 Å². The predicted molar refractivity (Wildman–Crippen MR) is 64.1 cm³/mol. The molecule has 0 saturated carbocycles. The van der Waals surface area contributed by atoms with E-state index in [9.17, 15) is 0 Å². The highest BCUT2D eigenvalue weighted by Gasteiger charge is 1.97. The Morgan fingerprint density at radius 3 is 3.12 bits per heavy atom. The number of unbranched alkanes of at least 4 members (excludes halogenated alkanes) is 1. The lowest BCUT2D eigenvalue weighted by Gasteiger charge is -2.04. The van der Waals surface area contributed by atoms with Gasteiger partial charge in [-0.25, -0.2) is 4.98 Å². The summed E-state index contributed by atoms with van der Waals surface area (Å²) in [5, 5.41) is 12.0. The van der Waals surface area contributed by atoms with Gasteiger partial charge in [-0.15, -0.1) is 0 Å². The van der Waals surface area contributed by atoms with Crippen molar-refractivity contribution < 1.29 is 5.11 Å². The second kappa shape index (κ2) is 5.63. The summed E-state index contributed by atoms with van der Waals surface area (Å²) in [4.78, 5) is 7.28. The first-order valence-corrected chi connectivity index (χ1v) is 5.64. The molecular formula is C12H17N3O. The topological polar surface area (TPSA) is 60.9 Å². The highest BCUT2D eigenvalue weighted by molar-refractivity contribution is 5.74. The van der Waals surface area contributed by atoms with E-state index in [-0.39, 0.29) is 6.61 Å². The number of hydrogen-bond donors (Lipinski definition) is 3. The number of aliphatic hydroxyl groups is 1. The molecule has 0 fully saturated rings. The molecule has 0 amide bonds. The molecule has 1 aromatic heterocycles. The van der Waals surface area contributed by atoms with Gasteiger partial charge in [-0.2, -0.15) is 0 Å². The van der Waals surface area contributed by atoms with E-state index in [4.69, 9.17) is 5.11 Å². The largest absolute Gasteiger partial charge is 0.396 e. The van der Waals surface area contributed by atoms with Crippen molar-refractivity contribution >= 4 is 11.0 Å². The standard InChI is InChI=1S/C12H17N3O/c16-6-2-1-5-13-8-10-3-4-11-12(7-10)15-9-14-11/h3-4,7,9,13,16H,1-2,5-6,8H2,(H,14,15). The Labute approximate surface area is 94.7 Å². The molecule has 0 aliphatic heterocycles. The van der Waals surface area contributed by atoms with Crippen LogP contribution in [0.3, 0.4) is 0 Å². The van der Waals surface area contributed by atoms with E-state index in [1.165, 1.54) is 5.56 Å². The monoisotopic (exact) mass is 219 g/mol. The van der Waals surface area contributed by atoms with Crippen LogP contribution < -0.4 is 5.32 Å². The maximum Gasteiger partial charge on any atom is 0.0931 e. The van der Waals surface area contributed by atoms with E-state index in [1.807, 2.05) is 6.07 Å². The molecule has 4 heteroatoms. The average Bonchev–Trinajstić information content (AvgIpc) is 2.76. The third kappa shape index (κ3) is 2.81. The lowest BCUT2D eigenvalue weighted by Crippen LogP contribution is -2.14. The Balaban J connectivity index is 1.84. The van der Waals surface area contributed by atoms with Crippen molar-refractivity contribution in [1.82, 2.24) is 15.3 Å². The minimum absolute atomic E-state index is 0.280. The number of benzene rings is 1. The Bertz CT molecular complexity index is 439. The number of aromatic amines is 1. The van der Waals surface area contributed by atoms with Gasteiger partial charge in [0.05, 0.1) is 17.4 Å². The number of nitrogens with zero attached hydrogens (tertiary/aromatic N) is 1. The van der Waals surface area contributed by atoms with Gasteiger partial charge in [-0.3, -0.25) is 0 Å². The fourth-order valence-corrected chi connectivity index (χ4v) is 1.69. The van der Waals surface area contributed by atoms with Crippen molar-refractivity contribution in [3.05, 3.63) is 30.1 Å². The van der Waals surface area contributed by atoms with Crippen LogP contribution in [0.15, 0.2) is 24.5 Å². The SMILES string of the molecule is OCCCCNCc1ccc2nc[nH]c2c1. The molecule has 0 saturated heterocycles. The first-order valence-electron chi connectivity index (χ1n) is 5.64. The minimum Gasteiger partial charge on any atom is -0.396 e. The second-order valence-electron chi connectivity index (χ2n) is 3.86. The summed E-state index contributed by atoms with van der Waals surface area (Å²) >= 11 is 0. The summed E-state index contributed by atoms with van der Waals surface area (Å²) in [6, 6.07) is 6.22. The van der Waals surface area contributed by atoms with Gasteiger partial charge in [0, 0.05) is 13.2 Å². The number of H-pyrrole nitrogens is 1. The van der Waals surface area contributed by atoms with E-state index < -0.39 is 0 Å². The molecule has 3 N–H and O–H groups in total. The Morgan fingerprint density at radius 1 is 1.31 bits per heavy atom. The predicted octanol–water partition coefficient (Wildman–Crippen LogP) is 1.42. The van der Waals surface area contributed by atoms with Gasteiger partial charge >= 0.3 is 0 Å². The number of imidazole rings is 1. The Morgan fingerprint density at radius 2 is 2.25 bits per heavy atom. The zero-order chi connectivity index (χ0) is 11.2. The third-order valence-electron chi connectivity index (χ3n) is 2.58. The fraction of sp³-hybridized carbons (Fsp3) is 0.417. The molecule has 1 heterocycles. The van der Waals surface area contributed by atoms with Crippen molar-refractivity contribution in [3.8, 4) is 0 Å². The lowest BCUT2D eigenvalue weighted by atomic mass is 10.2. The van der Waals surface area contributed by atoms with E-state index in [2.05, 4.69) is 27.4 Å². The highest BCUT2D eigenvalue weighted by atomic mass is 16.2. The molecule has 0 atom stereocenters. The molecular weight excluding hydrogens is 202 g/mol. The van der Waals surface area contributed by atoms with Crippen LogP contribution in [0.25, 0.3) is 11.0 Å². The molecule has 2 rings (SSSR count). The van der Waals surface area contributed by atoms with E-state index >= 15 is 0 Å². The number of aliphatic hydroxyl groups excluding tert-OH is 1. The molecule has 0 spiro atoms. The normalized spacial score (nSPS) is 11.1. The lowest BCUT2D eigenvalue weighted by molar-refractivity contribution is 0.283. The summed E-state index contributed by atoms with van der Waals surface area (Å²) < 4.78 is 0. The number of hydrogen-bond acceptors (Lipinski definition) is 3. The molecule has 1 aromatic carbocycles. The van der Waals surface area contributed by atoms with Crippen LogP contribution in [0.2, 0.25) is 0 Å². The van der Waals surface area contributed by atoms with E-state index in [0.717, 1.165) is 37.0 Å². The van der Waals surface area contributed by atoms with Crippen LogP contribution in [0, 0.1) is 0 Å². The minimum atomic E-state index is 0.280. The van der Waals surface area contributed by atoms with E-state index in [1.54, 1.807) is 6.33 Å². The van der Waals surface area contributed by atoms with Gasteiger partial charge in [-0.05, 0) is 37.1 Å². The molecule has 16 heavy (non-hydrogen) atoms. The van der Waals surface area contributed by atoms with Crippen molar-refractivity contribution in [2.24, 2.45) is 0 Å². The number of nitrogens with one attached hydrogen (secondary N) is 2. The van der Waals surface area contributed by atoms with Crippen LogP contribution in [0.1, 0.15) is 18.4 Å². The maximum absolute atomic E-state index is 8.64. The summed E-state index contributed by atoms with van der Waals surface area (Å²) in [6.45, 7) is 2.09. The van der Waals surface area contributed by atoms with Crippen LogP contribution >= 0.6 is 0 Å². The molecule has 0 radical (unpaired) electrons. The van der Waals surface area contributed by atoms with Crippen molar-refractivity contribution in [3.63, 3.8) is 0 Å². The van der Waals surface area contributed by atoms with Gasteiger partial charge in [0.25, 0.3) is 0 Å². The zero-order valence-corrected chi connectivity index (χ0v) is 9.24. The van der Waals surface area contributed by atoms with Crippen LogP contribution in [-0.2, 0) is 6.54 Å². The van der Waals surface area contributed by atoms with Gasteiger partial charge in [0.15, 0.2) is 0 Å². The van der Waals surface area contributed by atoms with Gasteiger partial charge in [0.2, 0.25) is 0 Å². The van der Waals surface area contributed by atoms with Crippen molar-refractivity contribution in [2.45, 2.75) is 19.4 Å².